The Labute approximate surface area is 157 Å². The molecule has 1 saturated heterocycles. The summed E-state index contributed by atoms with van der Waals surface area (Å²) >= 11 is 0. The van der Waals surface area contributed by atoms with Gasteiger partial charge in [-0.3, -0.25) is 4.99 Å². The van der Waals surface area contributed by atoms with Crippen molar-refractivity contribution in [2.75, 3.05) is 20.3 Å². The van der Waals surface area contributed by atoms with E-state index >= 15 is 0 Å². The van der Waals surface area contributed by atoms with Gasteiger partial charge in [-0.1, -0.05) is 48.5 Å². The highest BCUT2D eigenvalue weighted by Gasteiger charge is 2.43. The average Bonchev–Trinajstić information content (AvgIpc) is 2.65. The Balaban J connectivity index is 1.83. The normalized spacial score (nSPS) is 22.4. The van der Waals surface area contributed by atoms with Gasteiger partial charge in [0.25, 0.3) is 0 Å². The summed E-state index contributed by atoms with van der Waals surface area (Å²) in [6.45, 7) is 5.93. The Morgan fingerprint density at radius 2 is 1.81 bits per heavy atom. The van der Waals surface area contributed by atoms with Gasteiger partial charge >= 0.3 is 0 Å². The monoisotopic (exact) mass is 351 g/mol. The van der Waals surface area contributed by atoms with Gasteiger partial charge in [0.1, 0.15) is 5.75 Å². The van der Waals surface area contributed by atoms with E-state index < -0.39 is 0 Å². The number of hydrogen-bond donors (Lipinski definition) is 0. The molecule has 0 amide bonds. The molecular weight excluding hydrogens is 322 g/mol. The Hall–Kier alpha value is -2.13. The van der Waals surface area contributed by atoms with Crippen molar-refractivity contribution in [1.82, 2.24) is 0 Å². The highest BCUT2D eigenvalue weighted by atomic mass is 16.5. The molecule has 1 heterocycles. The molecule has 3 nitrogen and oxygen atoms in total. The van der Waals surface area contributed by atoms with Crippen LogP contribution < -0.4 is 4.74 Å². The third-order valence-corrected chi connectivity index (χ3v) is 5.28. The number of hydrogen-bond acceptors (Lipinski definition) is 3. The molecule has 3 rings (SSSR count). The van der Waals surface area contributed by atoms with E-state index in [0.717, 1.165) is 43.7 Å². The lowest BCUT2D eigenvalue weighted by Crippen LogP contribution is -2.44. The number of para-hydroxylation sites is 1. The second-order valence-electron chi connectivity index (χ2n) is 7.71. The van der Waals surface area contributed by atoms with Crippen LogP contribution in [0.4, 0.5) is 0 Å². The summed E-state index contributed by atoms with van der Waals surface area (Å²) in [7, 11) is 1.75. The van der Waals surface area contributed by atoms with Crippen LogP contribution in [-0.2, 0) is 10.2 Å². The van der Waals surface area contributed by atoms with E-state index in [0.29, 0.717) is 0 Å². The minimum atomic E-state index is -0.137. The summed E-state index contributed by atoms with van der Waals surface area (Å²) in [5.74, 6) is 0.970. The molecule has 138 valence electrons. The average molecular weight is 351 g/mol. The number of nitrogens with zero attached hydrogens (tertiary/aromatic N) is 1. The smallest absolute Gasteiger partial charge is 0.122 e. The van der Waals surface area contributed by atoms with E-state index in [4.69, 9.17) is 14.5 Å². The van der Waals surface area contributed by atoms with Crippen molar-refractivity contribution in [2.45, 2.75) is 44.1 Å². The highest BCUT2D eigenvalue weighted by molar-refractivity contribution is 5.79. The largest absolute Gasteiger partial charge is 0.496 e. The van der Waals surface area contributed by atoms with Gasteiger partial charge in [-0.25, -0.2) is 0 Å². The number of methoxy groups -OCH3 is 1. The fourth-order valence-electron chi connectivity index (χ4n) is 4.13. The fraction of sp³-hybridized carbons (Fsp3) is 0.435. The molecule has 0 spiro atoms. The first-order chi connectivity index (χ1) is 12.5. The molecule has 0 aliphatic carbocycles. The maximum absolute atomic E-state index is 6.01. The summed E-state index contributed by atoms with van der Waals surface area (Å²) in [6.07, 6.45) is 4.93. The molecule has 3 heteroatoms. The van der Waals surface area contributed by atoms with E-state index in [1.807, 2.05) is 30.5 Å². The zero-order valence-electron chi connectivity index (χ0n) is 16.1. The molecular formula is C23H29NO2. The molecule has 2 aromatic carbocycles. The van der Waals surface area contributed by atoms with Crippen molar-refractivity contribution in [3.63, 3.8) is 0 Å². The molecule has 0 N–H and O–H groups in total. The second-order valence-corrected chi connectivity index (χ2v) is 7.71. The number of rotatable bonds is 6. The fourth-order valence-corrected chi connectivity index (χ4v) is 4.13. The van der Waals surface area contributed by atoms with Gasteiger partial charge in [-0.2, -0.15) is 0 Å². The minimum absolute atomic E-state index is 0.0301. The first-order valence-corrected chi connectivity index (χ1v) is 9.37. The van der Waals surface area contributed by atoms with Crippen molar-refractivity contribution in [1.29, 1.82) is 0 Å². The lowest BCUT2D eigenvalue weighted by Gasteiger charge is -2.45. The SMILES string of the molecule is COc1ccccc1C1(CCN=Cc2ccccc2)CCOC(C)(C)C1. The Kier molecular flexibility index (Phi) is 5.77. The summed E-state index contributed by atoms with van der Waals surface area (Å²) in [4.78, 5) is 4.70. The molecule has 0 bridgehead atoms. The molecule has 1 aliphatic rings. The van der Waals surface area contributed by atoms with Crippen LogP contribution in [0, 0.1) is 0 Å². The molecule has 1 aliphatic heterocycles. The van der Waals surface area contributed by atoms with E-state index in [2.05, 4.69) is 44.2 Å². The summed E-state index contributed by atoms with van der Waals surface area (Å²) in [5, 5.41) is 0. The molecule has 26 heavy (non-hydrogen) atoms. The quantitative estimate of drug-likeness (QED) is 0.683. The number of ether oxygens (including phenoxy) is 2. The summed E-state index contributed by atoms with van der Waals surface area (Å²) < 4.78 is 11.7. The van der Waals surface area contributed by atoms with Crippen LogP contribution in [-0.4, -0.2) is 32.1 Å². The van der Waals surface area contributed by atoms with E-state index in [9.17, 15) is 0 Å². The molecule has 1 fully saturated rings. The van der Waals surface area contributed by atoms with Gasteiger partial charge < -0.3 is 9.47 Å². The van der Waals surface area contributed by atoms with Crippen molar-refractivity contribution in [2.24, 2.45) is 4.99 Å². The van der Waals surface area contributed by atoms with Crippen LogP contribution in [0.2, 0.25) is 0 Å². The maximum atomic E-state index is 6.01. The molecule has 0 saturated carbocycles. The van der Waals surface area contributed by atoms with Crippen LogP contribution in [0.1, 0.15) is 44.2 Å². The first kappa shape index (κ1) is 18.7. The predicted octanol–water partition coefficient (Wildman–Crippen LogP) is 5.03. The molecule has 0 radical (unpaired) electrons. The van der Waals surface area contributed by atoms with Crippen molar-refractivity contribution < 1.29 is 9.47 Å². The van der Waals surface area contributed by atoms with Gasteiger partial charge in [0.05, 0.1) is 12.7 Å². The topological polar surface area (TPSA) is 30.8 Å². The van der Waals surface area contributed by atoms with E-state index in [1.54, 1.807) is 7.11 Å². The third kappa shape index (κ3) is 4.34. The lowest BCUT2D eigenvalue weighted by molar-refractivity contribution is -0.0839. The second kappa shape index (κ2) is 8.05. The van der Waals surface area contributed by atoms with Gasteiger partial charge in [0, 0.05) is 30.3 Å². The van der Waals surface area contributed by atoms with Crippen LogP contribution >= 0.6 is 0 Å². The maximum Gasteiger partial charge on any atom is 0.122 e. The third-order valence-electron chi connectivity index (χ3n) is 5.28. The van der Waals surface area contributed by atoms with Crippen LogP contribution in [0.5, 0.6) is 5.75 Å². The van der Waals surface area contributed by atoms with Crippen LogP contribution in [0.15, 0.2) is 59.6 Å². The lowest BCUT2D eigenvalue weighted by atomic mass is 9.67. The Morgan fingerprint density at radius 3 is 2.54 bits per heavy atom. The predicted molar refractivity (Wildman–Crippen MR) is 107 cm³/mol. The molecule has 1 unspecified atom stereocenters. The minimum Gasteiger partial charge on any atom is -0.496 e. The molecule has 1 atom stereocenters. The van der Waals surface area contributed by atoms with Crippen molar-refractivity contribution >= 4 is 6.21 Å². The molecule has 2 aromatic rings. The highest BCUT2D eigenvalue weighted by Crippen LogP contribution is 2.47. The van der Waals surface area contributed by atoms with Gasteiger partial charge in [0.2, 0.25) is 0 Å². The van der Waals surface area contributed by atoms with E-state index in [-0.39, 0.29) is 11.0 Å². The van der Waals surface area contributed by atoms with Crippen molar-refractivity contribution in [3.8, 4) is 5.75 Å². The summed E-state index contributed by atoms with van der Waals surface area (Å²) in [5.41, 5.74) is 2.32. The van der Waals surface area contributed by atoms with E-state index in [1.165, 1.54) is 5.56 Å². The Bertz CT molecular complexity index is 739. The number of aliphatic imine (C=N–C) groups is 1. The zero-order chi connectivity index (χ0) is 18.5. The van der Waals surface area contributed by atoms with Gasteiger partial charge in [-0.05, 0) is 44.7 Å². The van der Waals surface area contributed by atoms with Crippen molar-refractivity contribution in [3.05, 3.63) is 65.7 Å². The zero-order valence-corrected chi connectivity index (χ0v) is 16.1. The van der Waals surface area contributed by atoms with Gasteiger partial charge in [-0.15, -0.1) is 0 Å². The summed E-state index contributed by atoms with van der Waals surface area (Å²) in [6, 6.07) is 18.7. The Morgan fingerprint density at radius 1 is 1.08 bits per heavy atom. The number of benzene rings is 2. The van der Waals surface area contributed by atoms with Gasteiger partial charge in [0.15, 0.2) is 0 Å². The molecule has 0 aromatic heterocycles. The van der Waals surface area contributed by atoms with Crippen LogP contribution in [0.3, 0.4) is 0 Å². The van der Waals surface area contributed by atoms with Crippen LogP contribution in [0.25, 0.3) is 0 Å². The first-order valence-electron chi connectivity index (χ1n) is 9.37. The standard InChI is InChI=1S/C23H29NO2/c1-22(2)18-23(14-16-26-22,20-11-7-8-12-21(20)25-3)13-15-24-17-19-9-5-4-6-10-19/h4-12,17H,13-16,18H2,1-3H3.